The molecule has 1 atom stereocenters. The molecule has 6 nitrogen and oxygen atoms in total. The van der Waals surface area contributed by atoms with Gasteiger partial charge in [0.05, 0.1) is 18.0 Å². The van der Waals surface area contributed by atoms with Crippen LogP contribution in [0.15, 0.2) is 22.7 Å². The Labute approximate surface area is 148 Å². The Morgan fingerprint density at radius 2 is 2.00 bits per heavy atom. The van der Waals surface area contributed by atoms with E-state index < -0.39 is 24.9 Å². The molecule has 126 valence electrons. The normalized spacial score (nSPS) is 12.0. The number of carbonyl (C=O) groups excluding carboxylic acids is 2. The van der Waals surface area contributed by atoms with Gasteiger partial charge in [-0.1, -0.05) is 25.4 Å². The monoisotopic (exact) mass is 404 g/mol. The Kier molecular flexibility index (Phi) is 8.04. The second-order valence-corrected chi connectivity index (χ2v) is 6.81. The molecular formula is C14H19BBrClN2O4. The molecule has 0 fully saturated rings. The van der Waals surface area contributed by atoms with Crippen molar-refractivity contribution in [2.75, 3.05) is 6.54 Å². The highest BCUT2D eigenvalue weighted by Crippen LogP contribution is 2.20. The van der Waals surface area contributed by atoms with E-state index in [-0.39, 0.29) is 12.5 Å². The number of amides is 2. The van der Waals surface area contributed by atoms with E-state index >= 15 is 0 Å². The molecule has 1 aromatic carbocycles. The van der Waals surface area contributed by atoms with Gasteiger partial charge in [-0.05, 0) is 46.5 Å². The average Bonchev–Trinajstić information content (AvgIpc) is 2.46. The molecule has 2 amide bonds. The molecule has 0 aliphatic carbocycles. The fourth-order valence-corrected chi connectivity index (χ4v) is 2.55. The molecule has 0 aliphatic heterocycles. The van der Waals surface area contributed by atoms with Gasteiger partial charge in [0.1, 0.15) is 0 Å². The summed E-state index contributed by atoms with van der Waals surface area (Å²) >= 11 is 9.08. The van der Waals surface area contributed by atoms with Crippen LogP contribution in [0.5, 0.6) is 0 Å². The molecule has 0 aromatic heterocycles. The zero-order chi connectivity index (χ0) is 17.6. The lowest BCUT2D eigenvalue weighted by Gasteiger charge is -2.19. The number of benzene rings is 1. The summed E-state index contributed by atoms with van der Waals surface area (Å²) in [5, 5.41) is 23.9. The fourth-order valence-electron chi connectivity index (χ4n) is 1.95. The first-order valence-corrected chi connectivity index (χ1v) is 8.26. The van der Waals surface area contributed by atoms with E-state index in [9.17, 15) is 19.6 Å². The molecule has 23 heavy (non-hydrogen) atoms. The van der Waals surface area contributed by atoms with E-state index in [4.69, 9.17) is 11.6 Å². The Morgan fingerprint density at radius 3 is 2.57 bits per heavy atom. The molecule has 0 radical (unpaired) electrons. The number of hydrogen-bond acceptors (Lipinski definition) is 4. The van der Waals surface area contributed by atoms with Crippen LogP contribution >= 0.6 is 27.5 Å². The number of halogens is 2. The van der Waals surface area contributed by atoms with Crippen molar-refractivity contribution in [3.8, 4) is 0 Å². The van der Waals surface area contributed by atoms with Gasteiger partial charge in [-0.15, -0.1) is 0 Å². The van der Waals surface area contributed by atoms with Crippen molar-refractivity contribution >= 4 is 46.5 Å². The molecule has 0 bridgehead atoms. The van der Waals surface area contributed by atoms with Crippen molar-refractivity contribution in [1.82, 2.24) is 10.6 Å². The first kappa shape index (κ1) is 20.0. The Balaban J connectivity index is 2.58. The SMILES string of the molecule is CC(C)C[C@H](NC(=O)CNC(=O)c1cc(Cl)ccc1Br)B(O)O. The maximum absolute atomic E-state index is 12.0. The van der Waals surface area contributed by atoms with E-state index in [2.05, 4.69) is 26.6 Å². The predicted octanol–water partition coefficient (Wildman–Crippen LogP) is 1.38. The third-order valence-electron chi connectivity index (χ3n) is 3.01. The number of hydrogen-bond donors (Lipinski definition) is 4. The van der Waals surface area contributed by atoms with Gasteiger partial charge in [0, 0.05) is 9.50 Å². The summed E-state index contributed by atoms with van der Waals surface area (Å²) in [6.07, 6.45) is 0.414. The standard InChI is InChI=1S/C14H19BBrClN2O4/c1-8(2)5-12(15(22)23)19-13(20)7-18-14(21)10-6-9(17)3-4-11(10)16/h3-4,6,8,12,22-23H,5,7H2,1-2H3,(H,18,21)(H,19,20)/t12-/m0/s1. The quantitative estimate of drug-likeness (QED) is 0.515. The lowest BCUT2D eigenvalue weighted by Crippen LogP contribution is -2.50. The first-order chi connectivity index (χ1) is 10.7. The van der Waals surface area contributed by atoms with Crippen LogP contribution in [0.3, 0.4) is 0 Å². The van der Waals surface area contributed by atoms with Crippen LogP contribution < -0.4 is 10.6 Å². The summed E-state index contributed by atoms with van der Waals surface area (Å²) in [4.78, 5) is 23.9. The van der Waals surface area contributed by atoms with Crippen LogP contribution in [0.25, 0.3) is 0 Å². The Hall–Kier alpha value is -1.09. The highest BCUT2D eigenvalue weighted by atomic mass is 79.9. The third-order valence-corrected chi connectivity index (χ3v) is 3.94. The molecule has 0 aliphatic rings. The molecular weight excluding hydrogens is 386 g/mol. The maximum Gasteiger partial charge on any atom is 0.475 e. The third kappa shape index (κ3) is 6.91. The van der Waals surface area contributed by atoms with Crippen molar-refractivity contribution in [2.24, 2.45) is 5.92 Å². The largest absolute Gasteiger partial charge is 0.475 e. The van der Waals surface area contributed by atoms with E-state index in [0.717, 1.165) is 0 Å². The molecule has 9 heteroatoms. The zero-order valence-electron chi connectivity index (χ0n) is 12.8. The summed E-state index contributed by atoms with van der Waals surface area (Å²) in [7, 11) is -1.65. The van der Waals surface area contributed by atoms with Crippen LogP contribution in [-0.4, -0.2) is 41.5 Å². The fraction of sp³-hybridized carbons (Fsp3) is 0.429. The second kappa shape index (κ2) is 9.27. The summed E-state index contributed by atoms with van der Waals surface area (Å²) in [5.74, 6) is -1.56. The van der Waals surface area contributed by atoms with E-state index in [1.807, 2.05) is 13.8 Å². The first-order valence-electron chi connectivity index (χ1n) is 7.09. The summed E-state index contributed by atoms with van der Waals surface area (Å²) in [6.45, 7) is 3.53. The van der Waals surface area contributed by atoms with Crippen molar-refractivity contribution in [3.63, 3.8) is 0 Å². The van der Waals surface area contributed by atoms with Crippen molar-refractivity contribution in [1.29, 1.82) is 0 Å². The van der Waals surface area contributed by atoms with Crippen molar-refractivity contribution in [2.45, 2.75) is 26.2 Å². The maximum atomic E-state index is 12.0. The van der Waals surface area contributed by atoms with Crippen molar-refractivity contribution in [3.05, 3.63) is 33.3 Å². The van der Waals surface area contributed by atoms with E-state index in [1.54, 1.807) is 12.1 Å². The second-order valence-electron chi connectivity index (χ2n) is 5.52. The zero-order valence-corrected chi connectivity index (χ0v) is 15.2. The lowest BCUT2D eigenvalue weighted by atomic mass is 9.75. The van der Waals surface area contributed by atoms with Gasteiger partial charge in [0.2, 0.25) is 5.91 Å². The van der Waals surface area contributed by atoms with Gasteiger partial charge in [0.25, 0.3) is 5.91 Å². The van der Waals surface area contributed by atoms with Gasteiger partial charge in [-0.3, -0.25) is 9.59 Å². The molecule has 0 unspecified atom stereocenters. The number of carbonyl (C=O) groups is 2. The van der Waals surface area contributed by atoms with Crippen LogP contribution in [0, 0.1) is 5.92 Å². The highest BCUT2D eigenvalue weighted by Gasteiger charge is 2.26. The molecule has 1 aromatic rings. The van der Waals surface area contributed by atoms with Gasteiger partial charge in [-0.2, -0.15) is 0 Å². The molecule has 0 saturated heterocycles. The Morgan fingerprint density at radius 1 is 1.35 bits per heavy atom. The van der Waals surface area contributed by atoms with Crippen LogP contribution in [0.1, 0.15) is 30.6 Å². The number of nitrogens with one attached hydrogen (secondary N) is 2. The van der Waals surface area contributed by atoms with E-state index in [0.29, 0.717) is 21.5 Å². The van der Waals surface area contributed by atoms with Crippen LogP contribution in [0.2, 0.25) is 5.02 Å². The van der Waals surface area contributed by atoms with Gasteiger partial charge in [-0.25, -0.2) is 0 Å². The summed E-state index contributed by atoms with van der Waals surface area (Å²) in [5.41, 5.74) is 0.311. The van der Waals surface area contributed by atoms with Crippen molar-refractivity contribution < 1.29 is 19.6 Å². The highest BCUT2D eigenvalue weighted by molar-refractivity contribution is 9.10. The lowest BCUT2D eigenvalue weighted by molar-refractivity contribution is -0.120. The van der Waals surface area contributed by atoms with Crippen LogP contribution in [0.4, 0.5) is 0 Å². The Bertz CT molecular complexity index is 572. The number of rotatable bonds is 7. The minimum Gasteiger partial charge on any atom is -0.426 e. The minimum atomic E-state index is -1.65. The minimum absolute atomic E-state index is 0.180. The molecule has 0 spiro atoms. The smallest absolute Gasteiger partial charge is 0.426 e. The molecule has 1 rings (SSSR count). The molecule has 0 heterocycles. The average molecular weight is 405 g/mol. The summed E-state index contributed by atoms with van der Waals surface area (Å²) in [6, 6.07) is 4.75. The van der Waals surface area contributed by atoms with Crippen LogP contribution in [-0.2, 0) is 4.79 Å². The predicted molar refractivity (Wildman–Crippen MR) is 93.1 cm³/mol. The van der Waals surface area contributed by atoms with E-state index in [1.165, 1.54) is 6.07 Å². The summed E-state index contributed by atoms with van der Waals surface area (Å²) < 4.78 is 0.559. The van der Waals surface area contributed by atoms with Gasteiger partial charge >= 0.3 is 7.12 Å². The topological polar surface area (TPSA) is 98.7 Å². The molecule has 4 N–H and O–H groups in total. The van der Waals surface area contributed by atoms with Gasteiger partial charge < -0.3 is 20.7 Å². The molecule has 0 saturated carbocycles. The van der Waals surface area contributed by atoms with Gasteiger partial charge in [0.15, 0.2) is 0 Å².